The Morgan fingerprint density at radius 3 is 2.45 bits per heavy atom. The van der Waals surface area contributed by atoms with E-state index in [9.17, 15) is 0 Å². The van der Waals surface area contributed by atoms with Crippen LogP contribution in [0, 0.1) is 0 Å². The molecule has 0 radical (unpaired) electrons. The lowest BCUT2D eigenvalue weighted by Gasteiger charge is -2.44. The van der Waals surface area contributed by atoms with Gasteiger partial charge in [0.2, 0.25) is 0 Å². The molecule has 2 saturated heterocycles. The van der Waals surface area contributed by atoms with Crippen LogP contribution in [0.4, 0.5) is 0 Å². The van der Waals surface area contributed by atoms with Gasteiger partial charge in [0.25, 0.3) is 0 Å². The monoisotopic (exact) mass is 300 g/mol. The third-order valence-electron chi connectivity index (χ3n) is 5.73. The van der Waals surface area contributed by atoms with Crippen molar-refractivity contribution in [3.63, 3.8) is 0 Å². The van der Waals surface area contributed by atoms with Gasteiger partial charge in [-0.15, -0.1) is 0 Å². The normalized spacial score (nSPS) is 25.4. The molecule has 2 fully saturated rings. The number of hydrogen-bond acceptors (Lipinski definition) is 2. The summed E-state index contributed by atoms with van der Waals surface area (Å²) in [5.74, 6) is 0. The number of rotatable bonds is 5. The minimum absolute atomic E-state index is 0.859. The third-order valence-corrected chi connectivity index (χ3v) is 5.73. The quantitative estimate of drug-likeness (QED) is 0.812. The Kier molecular flexibility index (Phi) is 5.91. The first kappa shape index (κ1) is 16.0. The fourth-order valence-corrected chi connectivity index (χ4v) is 4.35. The van der Waals surface area contributed by atoms with Gasteiger partial charge in [-0.05, 0) is 63.7 Å². The second kappa shape index (κ2) is 8.12. The van der Waals surface area contributed by atoms with Gasteiger partial charge in [-0.3, -0.25) is 4.90 Å². The Labute approximate surface area is 136 Å². The third kappa shape index (κ3) is 4.11. The lowest BCUT2D eigenvalue weighted by atomic mass is 9.93. The van der Waals surface area contributed by atoms with Gasteiger partial charge in [0.15, 0.2) is 0 Å². The highest BCUT2D eigenvalue weighted by Crippen LogP contribution is 2.26. The summed E-state index contributed by atoms with van der Waals surface area (Å²) in [6.45, 7) is 7.55. The molecule has 2 heterocycles. The standard InChI is InChI=1S/C20H32N2/c1-2-19-10-6-7-14-22(19)20-12-16-21(17-13-20)15-11-18-8-4-3-5-9-18/h3-5,8-9,19-20H,2,6-7,10-17H2,1H3/t19-/m1/s1. The van der Waals surface area contributed by atoms with Crippen molar-refractivity contribution in [1.29, 1.82) is 0 Å². The van der Waals surface area contributed by atoms with Crippen molar-refractivity contribution in [2.45, 2.75) is 64.0 Å². The largest absolute Gasteiger partial charge is 0.303 e. The molecule has 0 spiro atoms. The van der Waals surface area contributed by atoms with Crippen LogP contribution in [0.3, 0.4) is 0 Å². The highest BCUT2D eigenvalue weighted by Gasteiger charge is 2.30. The van der Waals surface area contributed by atoms with Gasteiger partial charge >= 0.3 is 0 Å². The average molecular weight is 300 g/mol. The van der Waals surface area contributed by atoms with Crippen molar-refractivity contribution in [3.05, 3.63) is 35.9 Å². The van der Waals surface area contributed by atoms with Crippen LogP contribution in [0.5, 0.6) is 0 Å². The zero-order valence-corrected chi connectivity index (χ0v) is 14.2. The van der Waals surface area contributed by atoms with Crippen LogP contribution in [-0.4, -0.2) is 48.1 Å². The summed E-state index contributed by atoms with van der Waals surface area (Å²) in [5, 5.41) is 0. The second-order valence-corrected chi connectivity index (χ2v) is 7.10. The molecule has 2 aliphatic rings. The van der Waals surface area contributed by atoms with Gasteiger partial charge in [-0.25, -0.2) is 0 Å². The molecule has 2 heteroatoms. The van der Waals surface area contributed by atoms with Crippen molar-refractivity contribution < 1.29 is 0 Å². The predicted molar refractivity (Wildman–Crippen MR) is 94.2 cm³/mol. The molecule has 122 valence electrons. The van der Waals surface area contributed by atoms with Gasteiger partial charge in [-0.2, -0.15) is 0 Å². The first-order valence-corrected chi connectivity index (χ1v) is 9.39. The van der Waals surface area contributed by atoms with Crippen LogP contribution in [0.15, 0.2) is 30.3 Å². The molecule has 0 unspecified atom stereocenters. The van der Waals surface area contributed by atoms with Crippen LogP contribution < -0.4 is 0 Å². The molecule has 3 rings (SSSR count). The van der Waals surface area contributed by atoms with E-state index in [2.05, 4.69) is 47.1 Å². The molecule has 1 atom stereocenters. The lowest BCUT2D eigenvalue weighted by Crippen LogP contribution is -2.51. The molecule has 0 saturated carbocycles. The smallest absolute Gasteiger partial charge is 0.0122 e. The van der Waals surface area contributed by atoms with Gasteiger partial charge in [0.05, 0.1) is 0 Å². The van der Waals surface area contributed by atoms with E-state index in [1.165, 1.54) is 76.7 Å². The van der Waals surface area contributed by atoms with Gasteiger partial charge in [0, 0.05) is 18.6 Å². The Hall–Kier alpha value is -0.860. The minimum Gasteiger partial charge on any atom is -0.303 e. The molecule has 2 aliphatic heterocycles. The molecule has 0 aliphatic carbocycles. The van der Waals surface area contributed by atoms with Crippen molar-refractivity contribution in [1.82, 2.24) is 9.80 Å². The number of hydrogen-bond donors (Lipinski definition) is 0. The summed E-state index contributed by atoms with van der Waals surface area (Å²) in [5.41, 5.74) is 1.48. The fraction of sp³-hybridized carbons (Fsp3) is 0.700. The first-order valence-electron chi connectivity index (χ1n) is 9.39. The zero-order valence-electron chi connectivity index (χ0n) is 14.2. The Morgan fingerprint density at radius 1 is 0.955 bits per heavy atom. The summed E-state index contributed by atoms with van der Waals surface area (Å²) in [6, 6.07) is 12.7. The molecule has 1 aromatic rings. The second-order valence-electron chi connectivity index (χ2n) is 7.10. The molecule has 2 nitrogen and oxygen atoms in total. The maximum Gasteiger partial charge on any atom is 0.0122 e. The summed E-state index contributed by atoms with van der Waals surface area (Å²) < 4.78 is 0. The van der Waals surface area contributed by atoms with Crippen LogP contribution in [0.25, 0.3) is 0 Å². The van der Waals surface area contributed by atoms with Crippen molar-refractivity contribution >= 4 is 0 Å². The van der Waals surface area contributed by atoms with Crippen LogP contribution in [0.1, 0.15) is 51.0 Å². The maximum absolute atomic E-state index is 2.86. The number of benzene rings is 1. The number of piperidine rings is 2. The predicted octanol–water partition coefficient (Wildman–Crippen LogP) is 3.96. The summed E-state index contributed by atoms with van der Waals surface area (Å²) in [4.78, 5) is 5.53. The highest BCUT2D eigenvalue weighted by molar-refractivity contribution is 5.14. The van der Waals surface area contributed by atoms with E-state index in [-0.39, 0.29) is 0 Å². The van der Waals surface area contributed by atoms with Crippen molar-refractivity contribution in [3.8, 4) is 0 Å². The zero-order chi connectivity index (χ0) is 15.2. The Bertz CT molecular complexity index is 423. The van der Waals surface area contributed by atoms with E-state index >= 15 is 0 Å². The van der Waals surface area contributed by atoms with Gasteiger partial charge in [-0.1, -0.05) is 43.7 Å². The molecule has 0 bridgehead atoms. The van der Waals surface area contributed by atoms with Gasteiger partial charge in [0.1, 0.15) is 0 Å². The van der Waals surface area contributed by atoms with E-state index in [0.717, 1.165) is 12.1 Å². The first-order chi connectivity index (χ1) is 10.9. The van der Waals surface area contributed by atoms with Crippen LogP contribution in [0.2, 0.25) is 0 Å². The Morgan fingerprint density at radius 2 is 1.73 bits per heavy atom. The topological polar surface area (TPSA) is 6.48 Å². The van der Waals surface area contributed by atoms with Crippen LogP contribution >= 0.6 is 0 Å². The van der Waals surface area contributed by atoms with E-state index in [1.54, 1.807) is 0 Å². The van der Waals surface area contributed by atoms with Gasteiger partial charge < -0.3 is 4.90 Å². The average Bonchev–Trinajstić information content (AvgIpc) is 2.61. The molecule has 22 heavy (non-hydrogen) atoms. The van der Waals surface area contributed by atoms with E-state index in [0.29, 0.717) is 0 Å². The molecule has 1 aromatic carbocycles. The van der Waals surface area contributed by atoms with Crippen molar-refractivity contribution in [2.24, 2.45) is 0 Å². The van der Waals surface area contributed by atoms with Crippen LogP contribution in [-0.2, 0) is 6.42 Å². The highest BCUT2D eigenvalue weighted by atomic mass is 15.2. The summed E-state index contributed by atoms with van der Waals surface area (Å²) >= 11 is 0. The molecule has 0 N–H and O–H groups in total. The van der Waals surface area contributed by atoms with E-state index in [1.807, 2.05) is 0 Å². The van der Waals surface area contributed by atoms with Crippen molar-refractivity contribution in [2.75, 3.05) is 26.2 Å². The maximum atomic E-state index is 2.86. The number of likely N-dealkylation sites (tertiary alicyclic amines) is 2. The number of nitrogens with zero attached hydrogens (tertiary/aromatic N) is 2. The Balaban J connectivity index is 1.44. The SMILES string of the molecule is CC[C@@H]1CCCCN1C1CCN(CCc2ccccc2)CC1. The molecular weight excluding hydrogens is 268 g/mol. The molecule has 0 amide bonds. The summed E-state index contributed by atoms with van der Waals surface area (Å²) in [7, 11) is 0. The molecular formula is C20H32N2. The summed E-state index contributed by atoms with van der Waals surface area (Å²) in [6.07, 6.45) is 9.61. The van der Waals surface area contributed by atoms with E-state index in [4.69, 9.17) is 0 Å². The van der Waals surface area contributed by atoms with E-state index < -0.39 is 0 Å². The fourth-order valence-electron chi connectivity index (χ4n) is 4.35. The minimum atomic E-state index is 0.859. The molecule has 0 aromatic heterocycles. The lowest BCUT2D eigenvalue weighted by molar-refractivity contribution is 0.0490.